The number of carbonyl (C=O) groups excluding carboxylic acids is 4. The summed E-state index contributed by atoms with van der Waals surface area (Å²) in [7, 11) is 1.76. The highest BCUT2D eigenvalue weighted by Crippen LogP contribution is 2.27. The zero-order valence-corrected chi connectivity index (χ0v) is 28.8. The molecule has 4 atom stereocenters. The summed E-state index contributed by atoms with van der Waals surface area (Å²) in [6.45, 7) is 20.2. The fourth-order valence-corrected chi connectivity index (χ4v) is 6.38. The van der Waals surface area contributed by atoms with Crippen LogP contribution >= 0.6 is 0 Å². The molecule has 2 heterocycles. The van der Waals surface area contributed by atoms with Crippen LogP contribution in [0.1, 0.15) is 114 Å². The summed E-state index contributed by atoms with van der Waals surface area (Å²) in [5, 5.41) is 6.14. The normalized spacial score (nSPS) is 21.6. The number of likely N-dealkylation sites (tertiary alicyclic amines) is 2. The van der Waals surface area contributed by atoms with E-state index in [2.05, 4.69) is 36.3 Å². The fourth-order valence-electron chi connectivity index (χ4n) is 6.38. The summed E-state index contributed by atoms with van der Waals surface area (Å²) in [4.78, 5) is 59.8. The minimum absolute atomic E-state index is 0.0269. The third-order valence-corrected chi connectivity index (χ3v) is 9.04. The van der Waals surface area contributed by atoms with Gasteiger partial charge in [0.2, 0.25) is 23.6 Å². The number of amides is 4. The number of hydrogen-bond donors (Lipinski definition) is 2. The van der Waals surface area contributed by atoms with Gasteiger partial charge in [-0.15, -0.1) is 0 Å². The molecule has 9 nitrogen and oxygen atoms in total. The van der Waals surface area contributed by atoms with Crippen LogP contribution in [-0.2, 0) is 19.2 Å². The molecule has 43 heavy (non-hydrogen) atoms. The fraction of sp³-hybridized carbons (Fsp3) is 0.824. The van der Waals surface area contributed by atoms with Gasteiger partial charge >= 0.3 is 0 Å². The SMILES string of the molecule is CCCCCNC(=O)[C@@H]1CCCN1C(=O)/C(C)=C/[C@H](C(C)C)N(C)C(=O)[C@@H](NC(=O)C1CCCCN1C(C)C)C(C)(C)C. The van der Waals surface area contributed by atoms with Crippen molar-refractivity contribution < 1.29 is 19.2 Å². The van der Waals surface area contributed by atoms with Crippen molar-refractivity contribution in [2.75, 3.05) is 26.7 Å². The van der Waals surface area contributed by atoms with Gasteiger partial charge in [0.1, 0.15) is 12.1 Å². The second-order valence-electron chi connectivity index (χ2n) is 14.3. The molecule has 246 valence electrons. The van der Waals surface area contributed by atoms with E-state index in [4.69, 9.17) is 0 Å². The molecular formula is C34H61N5O4. The maximum Gasteiger partial charge on any atom is 0.249 e. The molecule has 0 radical (unpaired) electrons. The van der Waals surface area contributed by atoms with Crippen LogP contribution in [0.3, 0.4) is 0 Å². The molecule has 2 fully saturated rings. The first-order valence-electron chi connectivity index (χ1n) is 16.7. The van der Waals surface area contributed by atoms with Crippen LogP contribution in [0.5, 0.6) is 0 Å². The van der Waals surface area contributed by atoms with Gasteiger partial charge in [-0.05, 0) is 70.8 Å². The first-order chi connectivity index (χ1) is 20.1. The molecule has 0 saturated carbocycles. The van der Waals surface area contributed by atoms with E-state index in [1.807, 2.05) is 40.7 Å². The van der Waals surface area contributed by atoms with Crippen molar-refractivity contribution in [1.82, 2.24) is 25.3 Å². The molecule has 2 aliphatic rings. The van der Waals surface area contributed by atoms with Crippen molar-refractivity contribution in [3.8, 4) is 0 Å². The molecule has 0 aromatic rings. The van der Waals surface area contributed by atoms with Gasteiger partial charge in [-0.25, -0.2) is 0 Å². The summed E-state index contributed by atoms with van der Waals surface area (Å²) in [5.41, 5.74) is 0.0111. The highest BCUT2D eigenvalue weighted by Gasteiger charge is 2.40. The predicted octanol–water partition coefficient (Wildman–Crippen LogP) is 4.51. The molecular weight excluding hydrogens is 542 g/mol. The predicted molar refractivity (Wildman–Crippen MR) is 173 cm³/mol. The van der Waals surface area contributed by atoms with Crippen molar-refractivity contribution >= 4 is 23.6 Å². The maximum absolute atomic E-state index is 14.1. The Morgan fingerprint density at radius 1 is 0.930 bits per heavy atom. The van der Waals surface area contributed by atoms with Crippen molar-refractivity contribution in [2.24, 2.45) is 11.3 Å². The lowest BCUT2D eigenvalue weighted by Crippen LogP contribution is -2.60. The lowest BCUT2D eigenvalue weighted by atomic mass is 9.84. The van der Waals surface area contributed by atoms with E-state index in [-0.39, 0.29) is 47.7 Å². The van der Waals surface area contributed by atoms with Crippen LogP contribution in [0.25, 0.3) is 0 Å². The molecule has 2 N–H and O–H groups in total. The van der Waals surface area contributed by atoms with Gasteiger partial charge in [-0.1, -0.05) is 66.9 Å². The summed E-state index contributed by atoms with van der Waals surface area (Å²) in [6.07, 6.45) is 9.27. The van der Waals surface area contributed by atoms with Crippen molar-refractivity contribution in [2.45, 2.75) is 144 Å². The number of likely N-dealkylation sites (N-methyl/N-ethyl adjacent to an activating group) is 1. The van der Waals surface area contributed by atoms with E-state index in [0.717, 1.165) is 51.5 Å². The molecule has 2 rings (SSSR count). The number of hydrogen-bond acceptors (Lipinski definition) is 5. The standard InChI is InChI=1S/C34H61N5O4/c1-11-12-14-19-35-30(40)26-18-16-21-39(26)32(42)25(6)22-28(23(2)3)37(10)33(43)29(34(7,8)9)36-31(41)27-17-13-15-20-38(27)24(4)5/h22-24,26-29H,11-21H2,1-10H3,(H,35,40)(H,36,41)/b25-22+/t26-,27?,28+,29+/m0/s1. The molecule has 0 aliphatic carbocycles. The molecule has 0 aromatic carbocycles. The van der Waals surface area contributed by atoms with Gasteiger partial charge < -0.3 is 20.4 Å². The molecule has 1 unspecified atom stereocenters. The van der Waals surface area contributed by atoms with Crippen LogP contribution < -0.4 is 10.6 Å². The van der Waals surface area contributed by atoms with E-state index < -0.39 is 17.5 Å². The number of nitrogens with one attached hydrogen (secondary N) is 2. The monoisotopic (exact) mass is 603 g/mol. The summed E-state index contributed by atoms with van der Waals surface area (Å²) < 4.78 is 0. The van der Waals surface area contributed by atoms with Gasteiger partial charge in [0.25, 0.3) is 0 Å². The number of piperidine rings is 1. The molecule has 4 amide bonds. The van der Waals surface area contributed by atoms with E-state index in [1.165, 1.54) is 0 Å². The Balaban J connectivity index is 2.21. The first kappa shape index (κ1) is 36.8. The summed E-state index contributed by atoms with van der Waals surface area (Å²) >= 11 is 0. The first-order valence-corrected chi connectivity index (χ1v) is 16.7. The summed E-state index contributed by atoms with van der Waals surface area (Å²) in [6, 6.07) is -1.52. The molecule has 2 aliphatic heterocycles. The van der Waals surface area contributed by atoms with Crippen LogP contribution in [0, 0.1) is 11.3 Å². The quantitative estimate of drug-likeness (QED) is 0.238. The number of nitrogens with zero attached hydrogens (tertiary/aromatic N) is 3. The molecule has 9 heteroatoms. The van der Waals surface area contributed by atoms with E-state index in [0.29, 0.717) is 25.1 Å². The average molecular weight is 604 g/mol. The Labute approximate surface area is 261 Å². The summed E-state index contributed by atoms with van der Waals surface area (Å²) in [5.74, 6) is -0.483. The highest BCUT2D eigenvalue weighted by molar-refractivity contribution is 5.97. The Kier molecular flexibility index (Phi) is 14.2. The van der Waals surface area contributed by atoms with Crippen LogP contribution in [-0.4, -0.2) is 95.2 Å². The molecule has 0 bridgehead atoms. The van der Waals surface area contributed by atoms with E-state index in [1.54, 1.807) is 23.8 Å². The topological polar surface area (TPSA) is 102 Å². The van der Waals surface area contributed by atoms with E-state index >= 15 is 0 Å². The maximum atomic E-state index is 14.1. The third kappa shape index (κ3) is 10.0. The number of unbranched alkanes of at least 4 members (excludes halogenated alkanes) is 2. The third-order valence-electron chi connectivity index (χ3n) is 9.04. The van der Waals surface area contributed by atoms with Crippen LogP contribution in [0.15, 0.2) is 11.6 Å². The highest BCUT2D eigenvalue weighted by atomic mass is 16.2. The van der Waals surface area contributed by atoms with Gasteiger partial charge in [-0.2, -0.15) is 0 Å². The van der Waals surface area contributed by atoms with Crippen molar-refractivity contribution in [3.05, 3.63) is 11.6 Å². The molecule has 0 spiro atoms. The van der Waals surface area contributed by atoms with E-state index in [9.17, 15) is 19.2 Å². The van der Waals surface area contributed by atoms with Crippen LogP contribution in [0.4, 0.5) is 0 Å². The van der Waals surface area contributed by atoms with Gasteiger partial charge in [0.15, 0.2) is 0 Å². The Morgan fingerprint density at radius 3 is 2.16 bits per heavy atom. The van der Waals surface area contributed by atoms with Gasteiger partial charge in [0.05, 0.1) is 12.1 Å². The van der Waals surface area contributed by atoms with Crippen molar-refractivity contribution in [1.29, 1.82) is 0 Å². The minimum atomic E-state index is -0.717. The molecule has 0 aromatic heterocycles. The largest absolute Gasteiger partial charge is 0.354 e. The van der Waals surface area contributed by atoms with Crippen LogP contribution in [0.2, 0.25) is 0 Å². The Bertz CT molecular complexity index is 986. The lowest BCUT2D eigenvalue weighted by molar-refractivity contribution is -0.142. The molecule has 2 saturated heterocycles. The zero-order chi connectivity index (χ0) is 32.5. The smallest absolute Gasteiger partial charge is 0.249 e. The second-order valence-corrected chi connectivity index (χ2v) is 14.3. The van der Waals surface area contributed by atoms with Gasteiger partial charge in [0, 0.05) is 31.8 Å². The van der Waals surface area contributed by atoms with Crippen molar-refractivity contribution in [3.63, 3.8) is 0 Å². The Morgan fingerprint density at radius 2 is 1.58 bits per heavy atom. The number of carbonyl (C=O) groups is 4. The minimum Gasteiger partial charge on any atom is -0.354 e. The van der Waals surface area contributed by atoms with Gasteiger partial charge in [-0.3, -0.25) is 24.1 Å². The second kappa shape index (κ2) is 16.6. The zero-order valence-electron chi connectivity index (χ0n) is 28.8. The lowest BCUT2D eigenvalue weighted by Gasteiger charge is -2.41. The Hall–Kier alpha value is -2.42. The number of rotatable bonds is 13. The average Bonchev–Trinajstić information content (AvgIpc) is 3.44.